The van der Waals surface area contributed by atoms with E-state index in [1.165, 1.54) is 11.8 Å². The van der Waals surface area contributed by atoms with E-state index in [2.05, 4.69) is 0 Å². The number of carbonyl (C=O) groups excluding carboxylic acids is 3. The molecule has 84 valence electrons. The summed E-state index contributed by atoms with van der Waals surface area (Å²) in [7, 11) is 0. The van der Waals surface area contributed by atoms with Crippen LogP contribution in [0.25, 0.3) is 0 Å². The van der Waals surface area contributed by atoms with Crippen LogP contribution in [-0.4, -0.2) is 46.7 Å². The van der Waals surface area contributed by atoms with Gasteiger partial charge in [0.1, 0.15) is 11.8 Å². The molecule has 1 atom stereocenters. The highest BCUT2D eigenvalue weighted by Crippen LogP contribution is 2.16. The molecule has 1 aliphatic heterocycles. The van der Waals surface area contributed by atoms with Gasteiger partial charge in [0.15, 0.2) is 0 Å². The number of rotatable bonds is 4. The quantitative estimate of drug-likeness (QED) is 0.642. The van der Waals surface area contributed by atoms with Crippen molar-refractivity contribution in [1.29, 1.82) is 0 Å². The van der Waals surface area contributed by atoms with Gasteiger partial charge in [-0.25, -0.2) is 4.79 Å². The molecule has 1 aliphatic rings. The van der Waals surface area contributed by atoms with Crippen molar-refractivity contribution in [2.75, 3.05) is 13.1 Å². The van der Waals surface area contributed by atoms with Gasteiger partial charge in [0.25, 0.3) is 5.91 Å². The maximum Gasteiger partial charge on any atom is 0.327 e. The molecular formula is C10H16N2O3. The van der Waals surface area contributed by atoms with Gasteiger partial charge in [-0.15, -0.1) is 0 Å². The Hall–Kier alpha value is -1.39. The molecule has 15 heavy (non-hydrogen) atoms. The van der Waals surface area contributed by atoms with Crippen LogP contribution in [0, 0.1) is 0 Å². The molecule has 1 unspecified atom stereocenters. The van der Waals surface area contributed by atoms with E-state index in [9.17, 15) is 14.4 Å². The third-order valence-electron chi connectivity index (χ3n) is 2.60. The molecule has 0 aromatic rings. The Kier molecular flexibility index (Phi) is 3.44. The highest BCUT2D eigenvalue weighted by molar-refractivity contribution is 6.04. The van der Waals surface area contributed by atoms with Crippen LogP contribution in [-0.2, 0) is 9.59 Å². The molecular weight excluding hydrogens is 196 g/mol. The van der Waals surface area contributed by atoms with Crippen LogP contribution in [0.15, 0.2) is 0 Å². The van der Waals surface area contributed by atoms with E-state index in [1.807, 2.05) is 6.92 Å². The van der Waals surface area contributed by atoms with Crippen molar-refractivity contribution in [3.63, 3.8) is 0 Å². The monoisotopic (exact) mass is 212 g/mol. The van der Waals surface area contributed by atoms with Gasteiger partial charge < -0.3 is 4.90 Å². The van der Waals surface area contributed by atoms with Gasteiger partial charge in [-0.2, -0.15) is 0 Å². The average molecular weight is 212 g/mol. The van der Waals surface area contributed by atoms with Gasteiger partial charge in [-0.05, 0) is 20.8 Å². The third-order valence-corrected chi connectivity index (χ3v) is 2.60. The zero-order valence-electron chi connectivity index (χ0n) is 9.32. The molecule has 5 heteroatoms. The summed E-state index contributed by atoms with van der Waals surface area (Å²) in [6.45, 7) is 5.70. The lowest BCUT2D eigenvalue weighted by atomic mass is 10.3. The maximum absolute atomic E-state index is 11.7. The van der Waals surface area contributed by atoms with Crippen LogP contribution < -0.4 is 0 Å². The normalized spacial score (nSPS) is 21.4. The van der Waals surface area contributed by atoms with E-state index in [0.717, 1.165) is 4.90 Å². The first-order chi connectivity index (χ1) is 6.99. The van der Waals surface area contributed by atoms with E-state index in [-0.39, 0.29) is 30.7 Å². The molecule has 0 N–H and O–H groups in total. The molecule has 0 bridgehead atoms. The summed E-state index contributed by atoms with van der Waals surface area (Å²) >= 11 is 0. The lowest BCUT2D eigenvalue weighted by Crippen LogP contribution is -2.34. The minimum atomic E-state index is -0.394. The number of urea groups is 1. The van der Waals surface area contributed by atoms with Gasteiger partial charge >= 0.3 is 6.03 Å². The number of hydrogen-bond donors (Lipinski definition) is 0. The predicted octanol–water partition coefficient (Wildman–Crippen LogP) is 0.638. The number of likely N-dealkylation sites (N-methyl/N-ethyl adjacent to an activating group) is 1. The molecule has 0 aliphatic carbocycles. The molecule has 5 nitrogen and oxygen atoms in total. The van der Waals surface area contributed by atoms with Crippen LogP contribution in [0.5, 0.6) is 0 Å². The summed E-state index contributed by atoms with van der Waals surface area (Å²) in [5.41, 5.74) is 0. The molecule has 0 spiro atoms. The summed E-state index contributed by atoms with van der Waals surface area (Å²) < 4.78 is 0. The van der Waals surface area contributed by atoms with Crippen molar-refractivity contribution >= 4 is 17.7 Å². The van der Waals surface area contributed by atoms with Gasteiger partial charge in [0, 0.05) is 19.5 Å². The molecule has 0 aromatic heterocycles. The van der Waals surface area contributed by atoms with Gasteiger partial charge in [-0.1, -0.05) is 0 Å². The number of ketones is 1. The Morgan fingerprint density at radius 2 is 2.00 bits per heavy atom. The van der Waals surface area contributed by atoms with E-state index in [4.69, 9.17) is 0 Å². The van der Waals surface area contributed by atoms with Crippen LogP contribution >= 0.6 is 0 Å². The van der Waals surface area contributed by atoms with Crippen LogP contribution in [0.1, 0.15) is 27.2 Å². The van der Waals surface area contributed by atoms with Crippen LogP contribution in [0.3, 0.4) is 0 Å². The Morgan fingerprint density at radius 1 is 1.40 bits per heavy atom. The van der Waals surface area contributed by atoms with Crippen molar-refractivity contribution in [2.24, 2.45) is 0 Å². The van der Waals surface area contributed by atoms with E-state index in [1.54, 1.807) is 6.92 Å². The molecule has 1 rings (SSSR count). The topological polar surface area (TPSA) is 57.7 Å². The van der Waals surface area contributed by atoms with Crippen LogP contribution in [0.2, 0.25) is 0 Å². The fraction of sp³-hybridized carbons (Fsp3) is 0.700. The minimum Gasteiger partial charge on any atom is -0.313 e. The standard InChI is InChI=1S/C10H16N2O3/c1-4-11-8(3)9(14)12(10(11)15)6-5-7(2)13/h8H,4-6H2,1-3H3. The van der Waals surface area contributed by atoms with Crippen molar-refractivity contribution in [3.05, 3.63) is 0 Å². The third kappa shape index (κ3) is 2.16. The van der Waals surface area contributed by atoms with Gasteiger partial charge in [-0.3, -0.25) is 14.5 Å². The van der Waals surface area contributed by atoms with Gasteiger partial charge in [0.05, 0.1) is 0 Å². The fourth-order valence-electron chi connectivity index (χ4n) is 1.66. The second-order valence-electron chi connectivity index (χ2n) is 3.69. The maximum atomic E-state index is 11.7. The predicted molar refractivity (Wildman–Crippen MR) is 54.2 cm³/mol. The van der Waals surface area contributed by atoms with Crippen molar-refractivity contribution in [2.45, 2.75) is 33.2 Å². The van der Waals surface area contributed by atoms with Crippen molar-refractivity contribution < 1.29 is 14.4 Å². The smallest absolute Gasteiger partial charge is 0.313 e. The number of hydrogen-bond acceptors (Lipinski definition) is 3. The lowest BCUT2D eigenvalue weighted by molar-refractivity contribution is -0.128. The first-order valence-corrected chi connectivity index (χ1v) is 5.10. The molecule has 0 aromatic carbocycles. The van der Waals surface area contributed by atoms with E-state index >= 15 is 0 Å². The van der Waals surface area contributed by atoms with Gasteiger partial charge in [0.2, 0.25) is 0 Å². The summed E-state index contributed by atoms with van der Waals surface area (Å²) in [6.07, 6.45) is 0.238. The first kappa shape index (κ1) is 11.7. The van der Waals surface area contributed by atoms with E-state index in [0.29, 0.717) is 6.54 Å². The minimum absolute atomic E-state index is 0.0156. The van der Waals surface area contributed by atoms with Crippen molar-refractivity contribution in [3.8, 4) is 0 Å². The molecule has 0 saturated carbocycles. The molecule has 3 amide bonds. The second-order valence-corrected chi connectivity index (χ2v) is 3.69. The summed E-state index contributed by atoms with van der Waals surface area (Å²) in [5, 5.41) is 0. The number of carbonyl (C=O) groups is 3. The summed E-state index contributed by atoms with van der Waals surface area (Å²) in [5.74, 6) is -0.221. The van der Waals surface area contributed by atoms with E-state index < -0.39 is 6.04 Å². The Balaban J connectivity index is 2.70. The highest BCUT2D eigenvalue weighted by atomic mass is 16.2. The van der Waals surface area contributed by atoms with Crippen molar-refractivity contribution in [1.82, 2.24) is 9.80 Å². The fourth-order valence-corrected chi connectivity index (χ4v) is 1.66. The largest absolute Gasteiger partial charge is 0.327 e. The number of Topliss-reactive ketones (excluding diaryl/α,β-unsaturated/α-hetero) is 1. The average Bonchev–Trinajstić information content (AvgIpc) is 2.36. The number of imide groups is 1. The lowest BCUT2D eigenvalue weighted by Gasteiger charge is -2.16. The SMILES string of the molecule is CCN1C(=O)N(CCC(C)=O)C(=O)C1C. The number of nitrogens with zero attached hydrogens (tertiary/aromatic N) is 2. The second kappa shape index (κ2) is 4.42. The zero-order valence-corrected chi connectivity index (χ0v) is 9.32. The molecule has 1 fully saturated rings. The summed E-state index contributed by atoms with van der Waals surface area (Å²) in [6, 6.07) is -0.675. The van der Waals surface area contributed by atoms with Crippen LogP contribution in [0.4, 0.5) is 4.79 Å². The zero-order chi connectivity index (χ0) is 11.6. The highest BCUT2D eigenvalue weighted by Gasteiger charge is 2.40. The Morgan fingerprint density at radius 3 is 2.40 bits per heavy atom. The Bertz CT molecular complexity index is 301. The molecule has 1 saturated heterocycles. The summed E-state index contributed by atoms with van der Waals surface area (Å²) in [4.78, 5) is 36.8. The molecule has 1 heterocycles. The molecule has 0 radical (unpaired) electrons. The number of amides is 3. The Labute approximate surface area is 89.0 Å². The first-order valence-electron chi connectivity index (χ1n) is 5.10.